The zero-order valence-corrected chi connectivity index (χ0v) is 13.3. The molecule has 2 heterocycles. The first-order valence-corrected chi connectivity index (χ1v) is 8.34. The zero-order chi connectivity index (χ0) is 15.9. The van der Waals surface area contributed by atoms with Crippen LogP contribution in [0.3, 0.4) is 0 Å². The summed E-state index contributed by atoms with van der Waals surface area (Å²) in [4.78, 5) is 2.33. The van der Waals surface area contributed by atoms with Gasteiger partial charge in [-0.3, -0.25) is 0 Å². The van der Waals surface area contributed by atoms with Crippen LogP contribution in [-0.4, -0.2) is 6.85 Å². The number of hydrogen-bond acceptors (Lipinski definition) is 1. The van der Waals surface area contributed by atoms with Gasteiger partial charge in [0.1, 0.15) is 0 Å². The summed E-state index contributed by atoms with van der Waals surface area (Å²) < 4.78 is 0. The third-order valence-electron chi connectivity index (χ3n) is 4.87. The van der Waals surface area contributed by atoms with Gasteiger partial charge in [0.05, 0.1) is 0 Å². The number of anilines is 1. The minimum absolute atomic E-state index is 0.337. The van der Waals surface area contributed by atoms with Crippen molar-refractivity contribution in [2.24, 2.45) is 0 Å². The van der Waals surface area contributed by atoms with Crippen LogP contribution < -0.4 is 4.81 Å². The Balaban J connectivity index is 1.67. The van der Waals surface area contributed by atoms with Crippen molar-refractivity contribution in [3.63, 3.8) is 0 Å². The van der Waals surface area contributed by atoms with E-state index in [4.69, 9.17) is 0 Å². The maximum absolute atomic E-state index is 2.33. The summed E-state index contributed by atoms with van der Waals surface area (Å²) in [5.41, 5.74) is 5.12. The van der Waals surface area contributed by atoms with E-state index in [0.29, 0.717) is 6.85 Å². The van der Waals surface area contributed by atoms with Gasteiger partial charge in [0.25, 0.3) is 0 Å². The van der Waals surface area contributed by atoms with Crippen molar-refractivity contribution in [2.45, 2.75) is 0 Å². The fraction of sp³-hybridized carbons (Fsp3) is 0. The van der Waals surface area contributed by atoms with Crippen LogP contribution in [0.5, 0.6) is 0 Å². The predicted molar refractivity (Wildman–Crippen MR) is 105 cm³/mol. The van der Waals surface area contributed by atoms with E-state index in [0.717, 1.165) is 0 Å². The molecule has 24 heavy (non-hydrogen) atoms. The molecule has 0 N–H and O–H groups in total. The second kappa shape index (κ2) is 5.28. The monoisotopic (exact) mass is 305 g/mol. The molecule has 0 fully saturated rings. The van der Waals surface area contributed by atoms with E-state index in [-0.39, 0.29) is 0 Å². The average Bonchev–Trinajstić information content (AvgIpc) is 2.67. The number of fused-ring (bicyclic) bond motifs is 5. The van der Waals surface area contributed by atoms with Crippen LogP contribution in [0.1, 0.15) is 5.56 Å². The fourth-order valence-corrected chi connectivity index (χ4v) is 3.66. The Morgan fingerprint density at radius 2 is 1.67 bits per heavy atom. The topological polar surface area (TPSA) is 3.24 Å². The van der Waals surface area contributed by atoms with Gasteiger partial charge in [-0.05, 0) is 46.3 Å². The molecule has 3 aromatic carbocycles. The number of nitrogens with zero attached hydrogens (tertiary/aromatic N) is 1. The molecular formula is C22H16BN. The van der Waals surface area contributed by atoms with Gasteiger partial charge in [-0.15, -0.1) is 0 Å². The van der Waals surface area contributed by atoms with Gasteiger partial charge in [-0.25, -0.2) is 0 Å². The number of allylic oxidation sites excluding steroid dienone is 2. The van der Waals surface area contributed by atoms with E-state index >= 15 is 0 Å². The Kier molecular flexibility index (Phi) is 2.96. The lowest BCUT2D eigenvalue weighted by atomic mass is 9.57. The molecule has 2 aliphatic heterocycles. The minimum Gasteiger partial charge on any atom is -0.383 e. The van der Waals surface area contributed by atoms with Crippen LogP contribution >= 0.6 is 0 Å². The Bertz CT molecular complexity index is 1010. The molecule has 0 saturated carbocycles. The summed E-state index contributed by atoms with van der Waals surface area (Å²) in [7, 11) is 0. The second-order valence-corrected chi connectivity index (χ2v) is 6.28. The van der Waals surface area contributed by atoms with Crippen molar-refractivity contribution in [3.8, 4) is 11.1 Å². The molecule has 0 aliphatic carbocycles. The highest BCUT2D eigenvalue weighted by molar-refractivity contribution is 6.75. The highest BCUT2D eigenvalue weighted by Gasteiger charge is 2.24. The maximum Gasteiger partial charge on any atom is 0.312 e. The van der Waals surface area contributed by atoms with Crippen molar-refractivity contribution in [3.05, 3.63) is 96.5 Å². The van der Waals surface area contributed by atoms with E-state index < -0.39 is 0 Å². The third-order valence-corrected chi connectivity index (χ3v) is 4.87. The molecule has 0 atom stereocenters. The molecule has 0 aromatic heterocycles. The van der Waals surface area contributed by atoms with Crippen molar-refractivity contribution in [2.75, 3.05) is 4.81 Å². The van der Waals surface area contributed by atoms with Crippen LogP contribution in [0.2, 0.25) is 0 Å². The lowest BCUT2D eigenvalue weighted by molar-refractivity contribution is 1.37. The van der Waals surface area contributed by atoms with Crippen LogP contribution in [0, 0.1) is 0 Å². The van der Waals surface area contributed by atoms with Crippen LogP contribution in [0.15, 0.2) is 91.0 Å². The standard InChI is InChI=1S/C22H16BN/c1-2-6-17(7-3-1)18-8-10-20-19(16-18)9-11-22-21(20)12-14-23-13-4-5-15-24(22)23/h1-16H. The zero-order valence-electron chi connectivity index (χ0n) is 13.3. The van der Waals surface area contributed by atoms with Gasteiger partial charge in [0, 0.05) is 11.3 Å². The smallest absolute Gasteiger partial charge is 0.312 e. The van der Waals surface area contributed by atoms with Gasteiger partial charge in [-0.2, -0.15) is 0 Å². The summed E-state index contributed by atoms with van der Waals surface area (Å²) in [5, 5.41) is 2.60. The first-order valence-electron chi connectivity index (χ1n) is 8.34. The summed E-state index contributed by atoms with van der Waals surface area (Å²) in [6, 6.07) is 21.8. The first kappa shape index (κ1) is 13.4. The quantitative estimate of drug-likeness (QED) is 0.537. The van der Waals surface area contributed by atoms with E-state index in [1.54, 1.807) is 0 Å². The summed E-state index contributed by atoms with van der Waals surface area (Å²) in [5.74, 6) is 4.50. The van der Waals surface area contributed by atoms with Crippen LogP contribution in [0.4, 0.5) is 5.69 Å². The van der Waals surface area contributed by atoms with Crippen molar-refractivity contribution < 1.29 is 0 Å². The Hall–Kier alpha value is -3.00. The molecule has 112 valence electrons. The second-order valence-electron chi connectivity index (χ2n) is 6.28. The third kappa shape index (κ3) is 2.04. The van der Waals surface area contributed by atoms with Crippen molar-refractivity contribution in [1.82, 2.24) is 0 Å². The van der Waals surface area contributed by atoms with E-state index in [1.165, 1.54) is 33.2 Å². The molecule has 0 bridgehead atoms. The molecule has 0 amide bonds. The molecule has 0 radical (unpaired) electrons. The summed E-state index contributed by atoms with van der Waals surface area (Å²) in [6.45, 7) is 0.337. The van der Waals surface area contributed by atoms with Crippen molar-refractivity contribution >= 4 is 29.4 Å². The van der Waals surface area contributed by atoms with Gasteiger partial charge in [0.2, 0.25) is 0 Å². The highest BCUT2D eigenvalue weighted by atomic mass is 15.1. The number of rotatable bonds is 1. The van der Waals surface area contributed by atoms with E-state index in [1.807, 2.05) is 0 Å². The Labute approximate surface area is 142 Å². The molecule has 0 unspecified atom stereocenters. The molecule has 2 aliphatic rings. The summed E-state index contributed by atoms with van der Waals surface area (Å²) in [6.07, 6.45) is 8.65. The highest BCUT2D eigenvalue weighted by Crippen LogP contribution is 2.36. The fourth-order valence-electron chi connectivity index (χ4n) is 3.66. The maximum atomic E-state index is 2.33. The Morgan fingerprint density at radius 3 is 2.58 bits per heavy atom. The molecule has 2 heteroatoms. The molecule has 3 aromatic rings. The van der Waals surface area contributed by atoms with E-state index in [9.17, 15) is 0 Å². The Morgan fingerprint density at radius 1 is 0.750 bits per heavy atom. The lowest BCUT2D eigenvalue weighted by Crippen LogP contribution is -2.35. The van der Waals surface area contributed by atoms with Crippen LogP contribution in [-0.2, 0) is 0 Å². The molecule has 1 nitrogen and oxygen atoms in total. The largest absolute Gasteiger partial charge is 0.383 e. The molecule has 0 spiro atoms. The number of hydrogen-bond donors (Lipinski definition) is 0. The normalized spacial score (nSPS) is 14.8. The number of benzene rings is 3. The van der Waals surface area contributed by atoms with Crippen molar-refractivity contribution in [1.29, 1.82) is 0 Å². The average molecular weight is 305 g/mol. The van der Waals surface area contributed by atoms with Gasteiger partial charge >= 0.3 is 6.85 Å². The SMILES string of the molecule is C1=CB2C=Cc3c(ccc4cc(-c5ccccc5)ccc34)N2C=C1. The predicted octanol–water partition coefficient (Wildman–Crippen LogP) is 5.49. The van der Waals surface area contributed by atoms with Gasteiger partial charge < -0.3 is 4.81 Å². The first-order chi connectivity index (χ1) is 11.9. The van der Waals surface area contributed by atoms with Gasteiger partial charge in [0.15, 0.2) is 0 Å². The molecule has 0 saturated heterocycles. The minimum atomic E-state index is 0.337. The van der Waals surface area contributed by atoms with Crippen LogP contribution in [0.25, 0.3) is 28.0 Å². The lowest BCUT2D eigenvalue weighted by Gasteiger charge is -2.31. The molecule has 5 rings (SSSR count). The van der Waals surface area contributed by atoms with Gasteiger partial charge in [-0.1, -0.05) is 72.6 Å². The van der Waals surface area contributed by atoms with E-state index in [2.05, 4.69) is 102 Å². The molecular weight excluding hydrogens is 289 g/mol. The summed E-state index contributed by atoms with van der Waals surface area (Å²) >= 11 is 0.